The van der Waals surface area contributed by atoms with Gasteiger partial charge in [-0.05, 0) is 43.0 Å². The van der Waals surface area contributed by atoms with E-state index < -0.39 is 11.4 Å². The zero-order chi connectivity index (χ0) is 17.8. The Morgan fingerprint density at radius 3 is 2.52 bits per heavy atom. The van der Waals surface area contributed by atoms with Gasteiger partial charge in [0, 0.05) is 13.1 Å². The first-order chi connectivity index (χ1) is 12.1. The maximum atomic E-state index is 13.6. The number of nitriles is 2. The Balaban J connectivity index is 2.11. The Morgan fingerprint density at radius 1 is 1.12 bits per heavy atom. The Morgan fingerprint density at radius 2 is 1.84 bits per heavy atom. The molecule has 0 bridgehead atoms. The number of halogens is 1. The highest BCUT2D eigenvalue weighted by Gasteiger charge is 2.19. The van der Waals surface area contributed by atoms with Crippen LogP contribution < -0.4 is 10.5 Å². The number of rotatable bonds is 3. The van der Waals surface area contributed by atoms with E-state index in [9.17, 15) is 14.4 Å². The van der Waals surface area contributed by atoms with Crippen LogP contribution in [0.4, 0.5) is 10.3 Å². The first-order valence-electron chi connectivity index (χ1n) is 8.07. The van der Waals surface area contributed by atoms with E-state index in [0.29, 0.717) is 17.1 Å². The Kier molecular flexibility index (Phi) is 4.76. The molecule has 126 valence electrons. The van der Waals surface area contributed by atoms with Crippen LogP contribution in [0.2, 0.25) is 0 Å². The molecule has 0 spiro atoms. The summed E-state index contributed by atoms with van der Waals surface area (Å²) in [5.74, 6) is -0.0252. The fourth-order valence-electron chi connectivity index (χ4n) is 3.02. The molecule has 1 fully saturated rings. The molecule has 1 saturated heterocycles. The van der Waals surface area contributed by atoms with E-state index in [-0.39, 0.29) is 12.1 Å². The Hall–Kier alpha value is -3.19. The quantitative estimate of drug-likeness (QED) is 0.857. The summed E-state index contributed by atoms with van der Waals surface area (Å²) in [6.45, 7) is 1.53. The van der Waals surface area contributed by atoms with E-state index in [2.05, 4.69) is 4.98 Å². The number of aromatic nitrogens is 2. The van der Waals surface area contributed by atoms with Crippen LogP contribution in [-0.2, 0) is 6.54 Å². The van der Waals surface area contributed by atoms with Crippen molar-refractivity contribution in [2.45, 2.75) is 25.8 Å². The van der Waals surface area contributed by atoms with Crippen LogP contribution in [0.1, 0.15) is 36.0 Å². The number of piperidine rings is 1. The van der Waals surface area contributed by atoms with Crippen LogP contribution >= 0.6 is 0 Å². The smallest absolute Gasteiger partial charge is 0.273 e. The number of hydrogen-bond acceptors (Lipinski definition) is 5. The summed E-state index contributed by atoms with van der Waals surface area (Å²) in [7, 11) is 0. The van der Waals surface area contributed by atoms with Gasteiger partial charge in [0.2, 0.25) is 5.95 Å². The zero-order valence-electron chi connectivity index (χ0n) is 13.6. The molecule has 0 atom stereocenters. The van der Waals surface area contributed by atoms with Crippen LogP contribution in [0.5, 0.6) is 0 Å². The summed E-state index contributed by atoms with van der Waals surface area (Å²) in [6.07, 6.45) is 4.40. The zero-order valence-corrected chi connectivity index (χ0v) is 13.6. The van der Waals surface area contributed by atoms with Gasteiger partial charge in [0.05, 0.1) is 24.4 Å². The van der Waals surface area contributed by atoms with Crippen molar-refractivity contribution in [3.8, 4) is 12.1 Å². The molecule has 0 saturated carbocycles. The lowest BCUT2D eigenvalue weighted by Gasteiger charge is -2.29. The average molecular weight is 337 g/mol. The average Bonchev–Trinajstić information content (AvgIpc) is 2.64. The van der Waals surface area contributed by atoms with Crippen molar-refractivity contribution in [1.29, 1.82) is 10.5 Å². The van der Waals surface area contributed by atoms with Gasteiger partial charge in [-0.2, -0.15) is 10.5 Å². The predicted octanol–water partition coefficient (Wildman–Crippen LogP) is 2.16. The van der Waals surface area contributed by atoms with Gasteiger partial charge in [0.15, 0.2) is 0 Å². The number of hydrogen-bond donors (Lipinski definition) is 0. The molecule has 25 heavy (non-hydrogen) atoms. The molecule has 0 unspecified atom stereocenters. The molecule has 0 radical (unpaired) electrons. The molecule has 1 aromatic heterocycles. The molecule has 6 nitrogen and oxygen atoms in total. The minimum atomic E-state index is -0.481. The topological polar surface area (TPSA) is 85.7 Å². The van der Waals surface area contributed by atoms with Crippen molar-refractivity contribution in [2.75, 3.05) is 18.0 Å². The summed E-state index contributed by atoms with van der Waals surface area (Å²) >= 11 is 0. The third kappa shape index (κ3) is 3.36. The second-order valence-corrected chi connectivity index (χ2v) is 5.94. The highest BCUT2D eigenvalue weighted by Crippen LogP contribution is 2.19. The number of nitrogens with zero attached hydrogens (tertiary/aromatic N) is 5. The van der Waals surface area contributed by atoms with Crippen LogP contribution in [0.3, 0.4) is 0 Å². The van der Waals surface area contributed by atoms with Crippen molar-refractivity contribution < 1.29 is 4.39 Å². The Bertz CT molecular complexity index is 932. The molecule has 7 heteroatoms. The van der Waals surface area contributed by atoms with Crippen molar-refractivity contribution in [3.63, 3.8) is 0 Å². The van der Waals surface area contributed by atoms with Gasteiger partial charge in [0.1, 0.15) is 17.4 Å². The molecular weight excluding hydrogens is 321 g/mol. The molecule has 2 heterocycles. The molecule has 1 aliphatic heterocycles. The maximum Gasteiger partial charge on any atom is 0.273 e. The molecule has 1 aromatic carbocycles. The minimum Gasteiger partial charge on any atom is -0.342 e. The van der Waals surface area contributed by atoms with E-state index in [1.165, 1.54) is 29.0 Å². The second-order valence-electron chi connectivity index (χ2n) is 5.94. The lowest BCUT2D eigenvalue weighted by molar-refractivity contribution is 0.550. The van der Waals surface area contributed by atoms with Gasteiger partial charge in [-0.25, -0.2) is 9.37 Å². The first kappa shape index (κ1) is 16.7. The van der Waals surface area contributed by atoms with Crippen LogP contribution in [0, 0.1) is 28.5 Å². The SMILES string of the molecule is N#Cc1ccc(F)cc1Cn1c(N2CCCCC2)ncc(C#N)c1=O. The van der Waals surface area contributed by atoms with E-state index >= 15 is 0 Å². The molecular formula is C18H16FN5O. The van der Waals surface area contributed by atoms with E-state index in [4.69, 9.17) is 5.26 Å². The van der Waals surface area contributed by atoms with Gasteiger partial charge in [-0.15, -0.1) is 0 Å². The second kappa shape index (κ2) is 7.14. The summed E-state index contributed by atoms with van der Waals surface area (Å²) < 4.78 is 15.0. The predicted molar refractivity (Wildman–Crippen MR) is 89.5 cm³/mol. The molecule has 3 rings (SSSR count). The lowest BCUT2D eigenvalue weighted by atomic mass is 10.1. The standard InChI is InChI=1S/C18H16FN5O/c19-16-5-4-13(9-20)14(8-16)12-24-17(25)15(10-21)11-22-18(24)23-6-2-1-3-7-23/h4-5,8,11H,1-3,6-7,12H2. The highest BCUT2D eigenvalue weighted by molar-refractivity contribution is 5.41. The molecule has 0 aliphatic carbocycles. The first-order valence-corrected chi connectivity index (χ1v) is 8.07. The van der Waals surface area contributed by atoms with Crippen molar-refractivity contribution >= 4 is 5.95 Å². The van der Waals surface area contributed by atoms with Crippen LogP contribution in [0.15, 0.2) is 29.2 Å². The largest absolute Gasteiger partial charge is 0.342 e. The summed E-state index contributed by atoms with van der Waals surface area (Å²) in [4.78, 5) is 18.9. The minimum absolute atomic E-state index is 0.00611. The van der Waals surface area contributed by atoms with Crippen LogP contribution in [0.25, 0.3) is 0 Å². The van der Waals surface area contributed by atoms with E-state index in [1.807, 2.05) is 17.0 Å². The third-order valence-corrected chi connectivity index (χ3v) is 4.30. The third-order valence-electron chi connectivity index (χ3n) is 4.30. The molecule has 0 amide bonds. The van der Waals surface area contributed by atoms with Crippen molar-refractivity contribution in [3.05, 3.63) is 57.3 Å². The maximum absolute atomic E-state index is 13.6. The van der Waals surface area contributed by atoms with E-state index in [0.717, 1.165) is 32.4 Å². The summed E-state index contributed by atoms with van der Waals surface area (Å²) in [5.41, 5.74) is 0.127. The Labute approximate surface area is 144 Å². The van der Waals surface area contributed by atoms with Gasteiger partial charge in [-0.1, -0.05) is 0 Å². The fraction of sp³-hybridized carbons (Fsp3) is 0.333. The fourth-order valence-corrected chi connectivity index (χ4v) is 3.02. The molecule has 0 N–H and O–H groups in total. The monoisotopic (exact) mass is 337 g/mol. The van der Waals surface area contributed by atoms with Gasteiger partial charge in [-0.3, -0.25) is 9.36 Å². The van der Waals surface area contributed by atoms with Crippen LogP contribution in [-0.4, -0.2) is 22.6 Å². The molecule has 1 aliphatic rings. The summed E-state index contributed by atoms with van der Waals surface area (Å²) in [5, 5.41) is 18.4. The normalized spacial score (nSPS) is 14.0. The number of benzene rings is 1. The summed E-state index contributed by atoms with van der Waals surface area (Å²) in [6, 6.07) is 7.68. The van der Waals surface area contributed by atoms with Gasteiger partial charge >= 0.3 is 0 Å². The van der Waals surface area contributed by atoms with Gasteiger partial charge < -0.3 is 4.90 Å². The van der Waals surface area contributed by atoms with Crippen molar-refractivity contribution in [2.24, 2.45) is 0 Å². The van der Waals surface area contributed by atoms with Crippen molar-refractivity contribution in [1.82, 2.24) is 9.55 Å². The lowest BCUT2D eigenvalue weighted by Crippen LogP contribution is -2.37. The molecule has 2 aromatic rings. The number of anilines is 1. The van der Waals surface area contributed by atoms with E-state index in [1.54, 1.807) is 0 Å². The highest BCUT2D eigenvalue weighted by atomic mass is 19.1. The van der Waals surface area contributed by atoms with Gasteiger partial charge in [0.25, 0.3) is 5.56 Å².